The van der Waals surface area contributed by atoms with Crippen molar-refractivity contribution < 1.29 is 19.1 Å². The summed E-state index contributed by atoms with van der Waals surface area (Å²) in [5.41, 5.74) is 2.44. The molecule has 3 aromatic carbocycles. The molecule has 43 heavy (non-hydrogen) atoms. The van der Waals surface area contributed by atoms with Crippen LogP contribution in [-0.4, -0.2) is 66.2 Å². The van der Waals surface area contributed by atoms with Crippen LogP contribution < -0.4 is 10.1 Å². The predicted octanol–water partition coefficient (Wildman–Crippen LogP) is 5.10. The predicted molar refractivity (Wildman–Crippen MR) is 167 cm³/mol. The summed E-state index contributed by atoms with van der Waals surface area (Å²) in [6.07, 6.45) is 0. The Morgan fingerprint density at radius 3 is 2.19 bits per heavy atom. The Labute approximate surface area is 256 Å². The molecule has 2 saturated heterocycles. The minimum Gasteiger partial charge on any atom is -0.484 e. The van der Waals surface area contributed by atoms with Gasteiger partial charge >= 0.3 is 0 Å². The molecule has 1 aromatic heterocycles. The number of likely N-dealkylation sites (tertiary alicyclic amines) is 1. The number of hydrogen-bond acceptors (Lipinski definition) is 6. The van der Waals surface area contributed by atoms with E-state index < -0.39 is 23.9 Å². The third-order valence-corrected chi connectivity index (χ3v) is 9.37. The van der Waals surface area contributed by atoms with Crippen LogP contribution in [0.3, 0.4) is 0 Å². The summed E-state index contributed by atoms with van der Waals surface area (Å²) in [4.78, 5) is 48.0. The fourth-order valence-electron chi connectivity index (χ4n) is 6.35. The quantitative estimate of drug-likeness (QED) is 0.288. The molecule has 2 fully saturated rings. The van der Waals surface area contributed by atoms with Gasteiger partial charge in [0.1, 0.15) is 11.8 Å². The number of amides is 2. The lowest BCUT2D eigenvalue weighted by atomic mass is 9.78. The van der Waals surface area contributed by atoms with Crippen LogP contribution in [0.15, 0.2) is 102 Å². The average molecular weight is 594 g/mol. The van der Waals surface area contributed by atoms with Crippen molar-refractivity contribution >= 4 is 28.9 Å². The van der Waals surface area contributed by atoms with E-state index in [-0.39, 0.29) is 24.2 Å². The number of ether oxygens (including phenoxy) is 1. The molecule has 6 rings (SSSR count). The van der Waals surface area contributed by atoms with Gasteiger partial charge in [0, 0.05) is 42.5 Å². The number of rotatable bonds is 8. The number of carbonyl (C=O) groups excluding carboxylic acids is 3. The smallest absolute Gasteiger partial charge is 0.261 e. The summed E-state index contributed by atoms with van der Waals surface area (Å²) in [6, 6.07) is 28.8. The second-order valence-corrected chi connectivity index (χ2v) is 12.1. The van der Waals surface area contributed by atoms with Crippen molar-refractivity contribution in [1.82, 2.24) is 15.1 Å². The van der Waals surface area contributed by atoms with Crippen LogP contribution in [0, 0.1) is 12.8 Å². The number of para-hydroxylation sites is 1. The number of piperazine rings is 1. The molecule has 0 saturated carbocycles. The van der Waals surface area contributed by atoms with Gasteiger partial charge < -0.3 is 19.9 Å². The van der Waals surface area contributed by atoms with Crippen molar-refractivity contribution in [3.8, 4) is 5.75 Å². The summed E-state index contributed by atoms with van der Waals surface area (Å²) >= 11 is 1.52. The largest absolute Gasteiger partial charge is 0.484 e. The van der Waals surface area contributed by atoms with E-state index in [4.69, 9.17) is 4.74 Å². The van der Waals surface area contributed by atoms with Gasteiger partial charge in [0.15, 0.2) is 12.4 Å². The number of carbonyl (C=O) groups is 3. The van der Waals surface area contributed by atoms with Gasteiger partial charge in [-0.15, -0.1) is 11.3 Å². The number of thiophene rings is 1. The lowest BCUT2D eigenvalue weighted by Gasteiger charge is -2.36. The Bertz CT molecular complexity index is 1540. The van der Waals surface area contributed by atoms with Gasteiger partial charge in [-0.3, -0.25) is 14.4 Å². The first-order valence-corrected chi connectivity index (χ1v) is 15.6. The summed E-state index contributed by atoms with van der Waals surface area (Å²) < 4.78 is 5.95. The van der Waals surface area contributed by atoms with Crippen molar-refractivity contribution in [2.75, 3.05) is 32.8 Å². The summed E-state index contributed by atoms with van der Waals surface area (Å²) in [5, 5.41) is 5.28. The fourth-order valence-corrected chi connectivity index (χ4v) is 7.26. The molecule has 1 N–H and O–H groups in total. The van der Waals surface area contributed by atoms with Crippen LogP contribution >= 0.6 is 11.3 Å². The number of nitrogens with zero attached hydrogens (tertiary/aromatic N) is 2. The molecule has 4 unspecified atom stereocenters. The number of ketones is 1. The molecule has 0 bridgehead atoms. The molecule has 220 valence electrons. The van der Waals surface area contributed by atoms with Gasteiger partial charge in [-0.25, -0.2) is 0 Å². The molecule has 2 aliphatic heterocycles. The maximum atomic E-state index is 14.6. The van der Waals surface area contributed by atoms with E-state index in [2.05, 4.69) is 5.32 Å². The third-order valence-electron chi connectivity index (χ3n) is 8.39. The lowest BCUT2D eigenvalue weighted by molar-refractivity contribution is -0.147. The first-order valence-electron chi connectivity index (χ1n) is 14.7. The Morgan fingerprint density at radius 1 is 0.860 bits per heavy atom. The number of nitrogens with one attached hydrogen (secondary N) is 1. The lowest BCUT2D eigenvalue weighted by Crippen LogP contribution is -2.55. The summed E-state index contributed by atoms with van der Waals surface area (Å²) in [7, 11) is 0. The van der Waals surface area contributed by atoms with Crippen LogP contribution in [-0.2, 0) is 9.59 Å². The molecule has 3 heterocycles. The molecule has 0 aliphatic carbocycles. The van der Waals surface area contributed by atoms with Crippen molar-refractivity contribution in [2.45, 2.75) is 24.9 Å². The number of Topliss-reactive ketones (excluding diaryl/α,β-unsaturated/α-hetero) is 1. The van der Waals surface area contributed by atoms with Crippen molar-refractivity contribution in [3.63, 3.8) is 0 Å². The highest BCUT2D eigenvalue weighted by atomic mass is 32.1. The molecule has 8 heteroatoms. The molecule has 0 radical (unpaired) electrons. The molecule has 4 atom stereocenters. The molecule has 2 aliphatic rings. The van der Waals surface area contributed by atoms with E-state index in [9.17, 15) is 14.4 Å². The minimum atomic E-state index is -0.867. The maximum Gasteiger partial charge on any atom is 0.261 e. The van der Waals surface area contributed by atoms with E-state index in [1.54, 1.807) is 17.0 Å². The average Bonchev–Trinajstić information content (AvgIpc) is 3.71. The number of hydrogen-bond donors (Lipinski definition) is 1. The molecule has 4 aromatic rings. The van der Waals surface area contributed by atoms with Crippen LogP contribution in [0.25, 0.3) is 0 Å². The molecule has 2 amide bonds. The zero-order valence-electron chi connectivity index (χ0n) is 24.1. The van der Waals surface area contributed by atoms with Crippen molar-refractivity contribution in [2.24, 2.45) is 5.92 Å². The Balaban J connectivity index is 1.50. The zero-order valence-corrected chi connectivity index (χ0v) is 24.9. The maximum absolute atomic E-state index is 14.6. The van der Waals surface area contributed by atoms with Gasteiger partial charge in [0.05, 0.1) is 12.0 Å². The SMILES string of the molecule is Cc1ccc(C(=O)C2C(c3cccs3)C(C(=O)N3CCNCC3)N(C(=O)COc3ccccc3)C2c2ccccc2)cc1. The van der Waals surface area contributed by atoms with E-state index in [1.807, 2.05) is 102 Å². The van der Waals surface area contributed by atoms with Gasteiger partial charge in [0.25, 0.3) is 5.91 Å². The van der Waals surface area contributed by atoms with Gasteiger partial charge in [-0.1, -0.05) is 84.4 Å². The molecule has 7 nitrogen and oxygen atoms in total. The highest BCUT2D eigenvalue weighted by Crippen LogP contribution is 2.52. The zero-order chi connectivity index (χ0) is 29.8. The van der Waals surface area contributed by atoms with E-state index in [0.717, 1.165) is 16.0 Å². The van der Waals surface area contributed by atoms with Crippen molar-refractivity contribution in [3.05, 3.63) is 124 Å². The van der Waals surface area contributed by atoms with E-state index >= 15 is 0 Å². The third kappa shape index (κ3) is 5.98. The highest BCUT2D eigenvalue weighted by molar-refractivity contribution is 7.10. The molecule has 0 spiro atoms. The van der Waals surface area contributed by atoms with Crippen LogP contribution in [0.5, 0.6) is 5.75 Å². The van der Waals surface area contributed by atoms with Gasteiger partial charge in [-0.2, -0.15) is 0 Å². The normalized spacial score (nSPS) is 21.9. The number of benzene rings is 3. The highest BCUT2D eigenvalue weighted by Gasteiger charge is 2.58. The topological polar surface area (TPSA) is 79.0 Å². The standard InChI is InChI=1S/C35H35N3O4S/c1-24-14-16-26(17-15-24)34(40)31-30(28-13-8-22-43-28)33(35(41)37-20-18-36-19-21-37)38(32(31)25-9-4-2-5-10-25)29(39)23-42-27-11-6-3-7-12-27/h2-17,22,30-33,36H,18-21,23H2,1H3. The van der Waals surface area contributed by atoms with Gasteiger partial charge in [-0.05, 0) is 36.1 Å². The van der Waals surface area contributed by atoms with Crippen LogP contribution in [0.2, 0.25) is 0 Å². The molecular formula is C35H35N3O4S. The Hall–Kier alpha value is -4.27. The van der Waals surface area contributed by atoms with Crippen LogP contribution in [0.4, 0.5) is 0 Å². The minimum absolute atomic E-state index is 0.0790. The second-order valence-electron chi connectivity index (χ2n) is 11.1. The fraction of sp³-hybridized carbons (Fsp3) is 0.286. The Morgan fingerprint density at radius 2 is 1.53 bits per heavy atom. The van der Waals surface area contributed by atoms with Crippen LogP contribution in [0.1, 0.15) is 38.3 Å². The number of aryl methyl sites for hydroxylation is 1. The monoisotopic (exact) mass is 593 g/mol. The molecular weight excluding hydrogens is 558 g/mol. The van der Waals surface area contributed by atoms with E-state index in [0.29, 0.717) is 37.5 Å². The van der Waals surface area contributed by atoms with Gasteiger partial charge in [0.2, 0.25) is 5.91 Å². The van der Waals surface area contributed by atoms with Crippen molar-refractivity contribution in [1.29, 1.82) is 0 Å². The first kappa shape index (κ1) is 28.8. The summed E-state index contributed by atoms with van der Waals surface area (Å²) in [5.74, 6) is -1.17. The first-order chi connectivity index (χ1) is 21.0. The second kappa shape index (κ2) is 12.9. The summed E-state index contributed by atoms with van der Waals surface area (Å²) in [6.45, 7) is 4.19. The Kier molecular flexibility index (Phi) is 8.67. The van der Waals surface area contributed by atoms with E-state index in [1.165, 1.54) is 11.3 Å².